The van der Waals surface area contributed by atoms with Gasteiger partial charge < -0.3 is 9.15 Å². The molecule has 0 aliphatic rings. The van der Waals surface area contributed by atoms with Crippen molar-refractivity contribution in [3.05, 3.63) is 123 Å². The lowest BCUT2D eigenvalue weighted by atomic mass is 10.0. The first-order valence-corrected chi connectivity index (χ1v) is 11.5. The molecule has 0 saturated carbocycles. The lowest BCUT2D eigenvalue weighted by molar-refractivity contribution is 0.0920. The van der Waals surface area contributed by atoms with Crippen molar-refractivity contribution < 1.29 is 13.9 Å². The third-order valence-corrected chi connectivity index (χ3v) is 6.03. The highest BCUT2D eigenvalue weighted by molar-refractivity contribution is 6.30. The molecular weight excluding hydrogens is 460 g/mol. The van der Waals surface area contributed by atoms with E-state index in [2.05, 4.69) is 0 Å². The number of ketones is 1. The van der Waals surface area contributed by atoms with Crippen molar-refractivity contribution in [1.82, 2.24) is 0 Å². The van der Waals surface area contributed by atoms with Crippen molar-refractivity contribution in [2.24, 2.45) is 0 Å². The maximum atomic E-state index is 13.3. The van der Waals surface area contributed by atoms with Crippen LogP contribution in [0.25, 0.3) is 33.4 Å². The van der Waals surface area contributed by atoms with E-state index in [9.17, 15) is 9.59 Å². The lowest BCUT2D eigenvalue weighted by Crippen LogP contribution is -2.17. The molecule has 0 aliphatic carbocycles. The van der Waals surface area contributed by atoms with E-state index in [4.69, 9.17) is 20.8 Å². The maximum absolute atomic E-state index is 13.3. The summed E-state index contributed by atoms with van der Waals surface area (Å²) in [5, 5.41) is 0.951. The highest BCUT2D eigenvalue weighted by atomic mass is 35.5. The molecule has 0 spiro atoms. The Morgan fingerprint density at radius 1 is 0.829 bits per heavy atom. The summed E-state index contributed by atoms with van der Waals surface area (Å²) in [4.78, 5) is 26.2. The molecule has 1 heterocycles. The number of fused-ring (bicyclic) bond motifs is 1. The minimum Gasteiger partial charge on any atom is -0.478 e. The van der Waals surface area contributed by atoms with Crippen LogP contribution in [0.4, 0.5) is 0 Å². The van der Waals surface area contributed by atoms with Gasteiger partial charge in [-0.05, 0) is 60.0 Å². The fourth-order valence-corrected chi connectivity index (χ4v) is 4.03. The van der Waals surface area contributed by atoms with Gasteiger partial charge in [0.15, 0.2) is 18.2 Å². The number of halogens is 1. The van der Waals surface area contributed by atoms with Crippen molar-refractivity contribution in [2.75, 3.05) is 6.61 Å². The van der Waals surface area contributed by atoms with Crippen LogP contribution in [0, 0.1) is 6.92 Å². The Labute approximate surface area is 207 Å². The van der Waals surface area contributed by atoms with E-state index in [1.54, 1.807) is 48.5 Å². The number of hydrogen-bond acceptors (Lipinski definition) is 4. The van der Waals surface area contributed by atoms with Crippen LogP contribution in [-0.2, 0) is 0 Å². The first kappa shape index (κ1) is 22.6. The van der Waals surface area contributed by atoms with Gasteiger partial charge in [-0.2, -0.15) is 0 Å². The number of ether oxygens (including phenoxy) is 1. The van der Waals surface area contributed by atoms with Crippen LogP contribution in [0.5, 0.6) is 5.75 Å². The summed E-state index contributed by atoms with van der Waals surface area (Å²) in [5.74, 6) is 0.0185. The van der Waals surface area contributed by atoms with Crippen molar-refractivity contribution in [1.29, 1.82) is 0 Å². The fourth-order valence-electron chi connectivity index (χ4n) is 3.91. The summed E-state index contributed by atoms with van der Waals surface area (Å²) < 4.78 is 11.9. The van der Waals surface area contributed by atoms with Crippen LogP contribution in [0.1, 0.15) is 15.9 Å². The molecule has 0 fully saturated rings. The Bertz CT molecular complexity index is 1570. The van der Waals surface area contributed by atoms with E-state index in [-0.39, 0.29) is 29.3 Å². The average molecular weight is 481 g/mol. The number of Topliss-reactive ketones (excluding diaryl/α,β-unsaturated/α-hetero) is 1. The quantitative estimate of drug-likeness (QED) is 0.238. The van der Waals surface area contributed by atoms with Crippen molar-refractivity contribution in [2.45, 2.75) is 6.92 Å². The molecule has 0 aliphatic heterocycles. The Morgan fingerprint density at radius 2 is 1.49 bits per heavy atom. The number of benzene rings is 4. The highest BCUT2D eigenvalue weighted by Gasteiger charge is 2.19. The summed E-state index contributed by atoms with van der Waals surface area (Å²) in [7, 11) is 0. The van der Waals surface area contributed by atoms with E-state index in [0.717, 1.165) is 16.7 Å². The van der Waals surface area contributed by atoms with Crippen LogP contribution in [0.3, 0.4) is 0 Å². The molecule has 5 heteroatoms. The molecule has 0 saturated heterocycles. The highest BCUT2D eigenvalue weighted by Crippen LogP contribution is 2.32. The molecule has 4 aromatic carbocycles. The Balaban J connectivity index is 1.46. The molecule has 5 rings (SSSR count). The summed E-state index contributed by atoms with van der Waals surface area (Å²) in [5.41, 5.74) is 4.30. The van der Waals surface area contributed by atoms with Crippen LogP contribution in [0.2, 0.25) is 5.02 Å². The van der Waals surface area contributed by atoms with Gasteiger partial charge in [0.2, 0.25) is 11.2 Å². The first-order valence-electron chi connectivity index (χ1n) is 11.1. The molecule has 0 N–H and O–H groups in total. The van der Waals surface area contributed by atoms with Crippen molar-refractivity contribution in [3.8, 4) is 28.2 Å². The van der Waals surface area contributed by atoms with E-state index >= 15 is 0 Å². The molecule has 172 valence electrons. The monoisotopic (exact) mass is 480 g/mol. The molecule has 5 aromatic rings. The first-order chi connectivity index (χ1) is 17.0. The predicted molar refractivity (Wildman–Crippen MR) is 139 cm³/mol. The van der Waals surface area contributed by atoms with Gasteiger partial charge in [-0.25, -0.2) is 0 Å². The molecule has 4 nitrogen and oxygen atoms in total. The third-order valence-electron chi connectivity index (χ3n) is 5.77. The molecule has 0 amide bonds. The molecular formula is C30H21ClO4. The second-order valence-corrected chi connectivity index (χ2v) is 8.69. The van der Waals surface area contributed by atoms with E-state index in [1.807, 2.05) is 55.5 Å². The van der Waals surface area contributed by atoms with Crippen molar-refractivity contribution >= 4 is 28.4 Å². The zero-order valence-electron chi connectivity index (χ0n) is 19.0. The summed E-state index contributed by atoms with van der Waals surface area (Å²) >= 11 is 6.04. The second kappa shape index (κ2) is 9.61. The van der Waals surface area contributed by atoms with Gasteiger partial charge >= 0.3 is 0 Å². The molecule has 0 atom stereocenters. The molecule has 0 bridgehead atoms. The van der Waals surface area contributed by atoms with Crippen LogP contribution in [-0.4, -0.2) is 12.4 Å². The normalized spacial score (nSPS) is 10.9. The SMILES string of the molecule is Cc1ccc2c(=O)c(OCC(=O)c3ccc(-c4ccccc4)cc3)c(-c3ccc(Cl)cc3)oc2c1. The van der Waals surface area contributed by atoms with Gasteiger partial charge in [-0.1, -0.05) is 72.3 Å². The topological polar surface area (TPSA) is 56.5 Å². The van der Waals surface area contributed by atoms with Crippen LogP contribution in [0.15, 0.2) is 106 Å². The third kappa shape index (κ3) is 4.75. The Kier molecular flexibility index (Phi) is 6.21. The van der Waals surface area contributed by atoms with E-state index in [0.29, 0.717) is 27.1 Å². The number of aryl methyl sites for hydroxylation is 1. The van der Waals surface area contributed by atoms with Crippen molar-refractivity contribution in [3.63, 3.8) is 0 Å². The minimum atomic E-state index is -0.330. The number of hydrogen-bond donors (Lipinski definition) is 0. The summed E-state index contributed by atoms with van der Waals surface area (Å²) in [6, 6.07) is 29.5. The summed E-state index contributed by atoms with van der Waals surface area (Å²) in [6.45, 7) is 1.63. The molecule has 1 aromatic heterocycles. The summed E-state index contributed by atoms with van der Waals surface area (Å²) in [6.07, 6.45) is 0. The average Bonchev–Trinajstić information content (AvgIpc) is 2.89. The van der Waals surface area contributed by atoms with E-state index in [1.165, 1.54) is 0 Å². The number of rotatable bonds is 6. The number of carbonyl (C=O) groups is 1. The molecule has 0 unspecified atom stereocenters. The van der Waals surface area contributed by atoms with Gasteiger partial charge in [-0.15, -0.1) is 0 Å². The Morgan fingerprint density at radius 3 is 2.20 bits per heavy atom. The lowest BCUT2D eigenvalue weighted by Gasteiger charge is -2.12. The van der Waals surface area contributed by atoms with Crippen LogP contribution >= 0.6 is 11.6 Å². The molecule has 35 heavy (non-hydrogen) atoms. The van der Waals surface area contributed by atoms with E-state index < -0.39 is 0 Å². The van der Waals surface area contributed by atoms with Gasteiger partial charge in [0.25, 0.3) is 0 Å². The maximum Gasteiger partial charge on any atom is 0.235 e. The minimum absolute atomic E-state index is 0.00192. The smallest absolute Gasteiger partial charge is 0.235 e. The second-order valence-electron chi connectivity index (χ2n) is 8.25. The number of carbonyl (C=O) groups excluding carboxylic acids is 1. The Hall–Kier alpha value is -4.15. The van der Waals surface area contributed by atoms with Crippen LogP contribution < -0.4 is 10.2 Å². The van der Waals surface area contributed by atoms with Gasteiger partial charge in [0, 0.05) is 16.1 Å². The zero-order valence-corrected chi connectivity index (χ0v) is 19.7. The molecule has 0 radical (unpaired) electrons. The standard InChI is InChI=1S/C30H21ClO4/c1-19-7-16-25-27(17-19)35-29(23-12-14-24(31)15-13-23)30(28(25)33)34-18-26(32)22-10-8-21(9-11-22)20-5-3-2-4-6-20/h2-17H,18H2,1H3. The zero-order chi connectivity index (χ0) is 24.4. The van der Waals surface area contributed by atoms with Gasteiger partial charge in [0.1, 0.15) is 5.58 Å². The largest absolute Gasteiger partial charge is 0.478 e. The fraction of sp³-hybridized carbons (Fsp3) is 0.0667. The van der Waals surface area contributed by atoms with Gasteiger partial charge in [0.05, 0.1) is 5.39 Å². The predicted octanol–water partition coefficient (Wildman–Crippen LogP) is 7.35. The van der Waals surface area contributed by atoms with Gasteiger partial charge in [-0.3, -0.25) is 9.59 Å².